The molecule has 2 saturated heterocycles. The van der Waals surface area contributed by atoms with Crippen molar-refractivity contribution in [3.63, 3.8) is 0 Å². The smallest absolute Gasteiger partial charge is 0.465 e. The summed E-state index contributed by atoms with van der Waals surface area (Å²) >= 11 is 0. The highest BCUT2D eigenvalue weighted by molar-refractivity contribution is 7.92. The molecule has 3 heterocycles. The Morgan fingerprint density at radius 1 is 1.15 bits per heavy atom. The molecule has 0 aliphatic carbocycles. The normalized spacial score (nSPS) is 25.4. The number of hydrogen-bond donors (Lipinski definition) is 1. The van der Waals surface area contributed by atoms with Crippen LogP contribution in [0.3, 0.4) is 0 Å². The van der Waals surface area contributed by atoms with E-state index in [4.69, 9.17) is 9.31 Å². The second kappa shape index (κ2) is 8.48. The molecule has 0 bridgehead atoms. The van der Waals surface area contributed by atoms with E-state index in [1.165, 1.54) is 4.90 Å². The average Bonchev–Trinajstić information content (AvgIpc) is 2.94. The lowest BCUT2D eigenvalue weighted by molar-refractivity contribution is 0.00578. The fraction of sp³-hybridized carbons (Fsp3) is 0.750. The first-order valence-electron chi connectivity index (χ1n) is 11.9. The van der Waals surface area contributed by atoms with Crippen LogP contribution in [0.15, 0.2) is 18.3 Å². The van der Waals surface area contributed by atoms with E-state index in [0.717, 1.165) is 5.46 Å². The first kappa shape index (κ1) is 27.0. The Bertz CT molecular complexity index is 1030. The molecule has 2 aliphatic heterocycles. The van der Waals surface area contributed by atoms with Crippen LogP contribution in [0.5, 0.6) is 0 Å². The zero-order valence-corrected chi connectivity index (χ0v) is 22.7. The zero-order valence-electron chi connectivity index (χ0n) is 21.9. The van der Waals surface area contributed by atoms with Gasteiger partial charge < -0.3 is 19.3 Å². The number of sulfone groups is 1. The van der Waals surface area contributed by atoms with E-state index in [9.17, 15) is 18.3 Å². The number of likely N-dealkylation sites (tertiary alicyclic amines) is 1. The van der Waals surface area contributed by atoms with Crippen LogP contribution in [-0.2, 0) is 23.9 Å². The first-order chi connectivity index (χ1) is 15.3. The van der Waals surface area contributed by atoms with Crippen LogP contribution < -0.4 is 5.46 Å². The summed E-state index contributed by atoms with van der Waals surface area (Å²) in [6.45, 7) is 17.3. The topological polar surface area (TPSA) is 106 Å². The second-order valence-electron chi connectivity index (χ2n) is 12.1. The van der Waals surface area contributed by atoms with Crippen LogP contribution in [0, 0.1) is 5.41 Å². The molecule has 0 radical (unpaired) electrons. The van der Waals surface area contributed by atoms with Crippen molar-refractivity contribution in [3.05, 3.63) is 24.0 Å². The standard InChI is InChI=1S/C24H39BN2O6S/c1-21(2,3)19-15-17(11-13-27(19)20(28)29)34(30,31)22(4,5)18-14-16(10-12-26-18)25-32-23(6,7)24(8,9)33-25/h10,12,14,17,19H,11,13,15H2,1-9H3,(H,28,29). The molecule has 0 saturated carbocycles. The molecule has 1 N–H and O–H groups in total. The van der Waals surface area contributed by atoms with Crippen molar-refractivity contribution in [2.45, 2.75) is 102 Å². The van der Waals surface area contributed by atoms with Crippen LogP contribution in [0.2, 0.25) is 0 Å². The third-order valence-electron chi connectivity index (χ3n) is 7.88. The maximum atomic E-state index is 13.9. The van der Waals surface area contributed by atoms with Crippen LogP contribution in [-0.4, -0.2) is 65.7 Å². The molecule has 1 amide bonds. The minimum Gasteiger partial charge on any atom is -0.465 e. The number of carboxylic acid groups (broad SMARTS) is 1. The zero-order chi connectivity index (χ0) is 25.9. The van der Waals surface area contributed by atoms with Gasteiger partial charge in [0.25, 0.3) is 0 Å². The van der Waals surface area contributed by atoms with Crippen LogP contribution in [0.1, 0.15) is 80.8 Å². The molecular weight excluding hydrogens is 455 g/mol. The molecular formula is C24H39BN2O6S. The molecule has 2 fully saturated rings. The molecule has 2 atom stereocenters. The van der Waals surface area contributed by atoms with Crippen LogP contribution in [0.25, 0.3) is 0 Å². The molecule has 2 unspecified atom stereocenters. The molecule has 8 nitrogen and oxygen atoms in total. The number of nitrogens with zero attached hydrogens (tertiary/aromatic N) is 2. The van der Waals surface area contributed by atoms with Gasteiger partial charge in [-0.2, -0.15) is 0 Å². The lowest BCUT2D eigenvalue weighted by Gasteiger charge is -2.45. The highest BCUT2D eigenvalue weighted by atomic mass is 32.2. The fourth-order valence-corrected chi connectivity index (χ4v) is 6.82. The minimum absolute atomic E-state index is 0.193. The summed E-state index contributed by atoms with van der Waals surface area (Å²) in [6, 6.07) is 3.15. The van der Waals surface area contributed by atoms with Gasteiger partial charge in [-0.25, -0.2) is 13.2 Å². The van der Waals surface area contributed by atoms with Gasteiger partial charge in [0.1, 0.15) is 4.75 Å². The maximum absolute atomic E-state index is 13.9. The Hall–Kier alpha value is -1.65. The van der Waals surface area contributed by atoms with Gasteiger partial charge in [-0.15, -0.1) is 0 Å². The maximum Gasteiger partial charge on any atom is 0.494 e. The highest BCUT2D eigenvalue weighted by Gasteiger charge is 2.53. The van der Waals surface area contributed by atoms with Crippen molar-refractivity contribution in [2.75, 3.05) is 6.54 Å². The molecule has 10 heteroatoms. The van der Waals surface area contributed by atoms with Gasteiger partial charge >= 0.3 is 13.2 Å². The number of aromatic nitrogens is 1. The number of piperidine rings is 1. The van der Waals surface area contributed by atoms with E-state index < -0.39 is 50.3 Å². The van der Waals surface area contributed by atoms with Gasteiger partial charge in [-0.3, -0.25) is 4.98 Å². The largest absolute Gasteiger partial charge is 0.494 e. The number of carbonyl (C=O) groups is 1. The van der Waals surface area contributed by atoms with Crippen molar-refractivity contribution in [3.8, 4) is 0 Å². The highest BCUT2D eigenvalue weighted by Crippen LogP contribution is 2.41. The van der Waals surface area contributed by atoms with E-state index >= 15 is 0 Å². The molecule has 0 spiro atoms. The van der Waals surface area contributed by atoms with Crippen LogP contribution in [0.4, 0.5) is 4.79 Å². The van der Waals surface area contributed by atoms with Gasteiger partial charge in [0.2, 0.25) is 0 Å². The summed E-state index contributed by atoms with van der Waals surface area (Å²) in [5.74, 6) is 0. The summed E-state index contributed by atoms with van der Waals surface area (Å²) in [5, 5.41) is 8.99. The first-order valence-corrected chi connectivity index (χ1v) is 13.4. The Labute approximate surface area is 204 Å². The minimum atomic E-state index is -3.71. The SMILES string of the molecule is CC(C)(C)C1CC(S(=O)(=O)C(C)(C)c2cc(B3OC(C)(C)C(C)(C)O3)ccn2)CCN1C(=O)O. The third-order valence-corrected chi connectivity index (χ3v) is 10.8. The van der Waals surface area contributed by atoms with Crippen LogP contribution >= 0.6 is 0 Å². The number of pyridine rings is 1. The second-order valence-corrected chi connectivity index (χ2v) is 14.9. The number of hydrogen-bond acceptors (Lipinski definition) is 6. The Kier molecular flexibility index (Phi) is 6.73. The van der Waals surface area contributed by atoms with E-state index in [-0.39, 0.29) is 24.8 Å². The van der Waals surface area contributed by atoms with Crippen molar-refractivity contribution >= 4 is 28.5 Å². The molecule has 190 valence electrons. The summed E-state index contributed by atoms with van der Waals surface area (Å²) in [4.78, 5) is 17.6. The van der Waals surface area contributed by atoms with Gasteiger partial charge in [-0.05, 0) is 77.4 Å². The molecule has 1 aromatic rings. The van der Waals surface area contributed by atoms with Crippen molar-refractivity contribution in [2.24, 2.45) is 5.41 Å². The van der Waals surface area contributed by atoms with Gasteiger partial charge in [0.15, 0.2) is 9.84 Å². The summed E-state index contributed by atoms with van der Waals surface area (Å²) in [7, 11) is -4.32. The van der Waals surface area contributed by atoms with E-state index in [1.807, 2.05) is 48.5 Å². The van der Waals surface area contributed by atoms with Gasteiger partial charge in [-0.1, -0.05) is 20.8 Å². The molecule has 1 aromatic heterocycles. The van der Waals surface area contributed by atoms with E-state index in [0.29, 0.717) is 5.69 Å². The summed E-state index contributed by atoms with van der Waals surface area (Å²) in [5.41, 5.74) is -0.259. The monoisotopic (exact) mass is 494 g/mol. The Morgan fingerprint density at radius 2 is 1.71 bits per heavy atom. The number of rotatable bonds is 4. The van der Waals surface area contributed by atoms with E-state index in [2.05, 4.69) is 4.98 Å². The predicted octanol–water partition coefficient (Wildman–Crippen LogP) is 3.59. The Morgan fingerprint density at radius 3 is 2.21 bits per heavy atom. The lowest BCUT2D eigenvalue weighted by atomic mass is 9.79. The van der Waals surface area contributed by atoms with E-state index in [1.54, 1.807) is 32.2 Å². The lowest BCUT2D eigenvalue weighted by Crippen LogP contribution is -2.55. The van der Waals surface area contributed by atoms with Crippen molar-refractivity contribution in [1.82, 2.24) is 9.88 Å². The molecule has 0 aromatic carbocycles. The van der Waals surface area contributed by atoms with Gasteiger partial charge in [0, 0.05) is 18.8 Å². The third kappa shape index (κ3) is 4.61. The Balaban J connectivity index is 1.91. The van der Waals surface area contributed by atoms with Gasteiger partial charge in [0.05, 0.1) is 22.1 Å². The summed E-state index contributed by atoms with van der Waals surface area (Å²) in [6.07, 6.45) is 1.12. The summed E-state index contributed by atoms with van der Waals surface area (Å²) < 4.78 is 38.9. The predicted molar refractivity (Wildman–Crippen MR) is 133 cm³/mol. The molecule has 34 heavy (non-hydrogen) atoms. The number of amides is 1. The quantitative estimate of drug-likeness (QED) is 0.638. The van der Waals surface area contributed by atoms with Crippen molar-refractivity contribution < 1.29 is 27.6 Å². The average molecular weight is 494 g/mol. The molecule has 3 rings (SSSR count). The van der Waals surface area contributed by atoms with Crippen molar-refractivity contribution in [1.29, 1.82) is 0 Å². The fourth-order valence-electron chi connectivity index (χ4n) is 4.73. The molecule has 2 aliphatic rings.